The smallest absolute Gasteiger partial charge is 0.253 e. The second-order valence-corrected chi connectivity index (χ2v) is 8.42. The van der Waals surface area contributed by atoms with Crippen molar-refractivity contribution in [2.45, 2.75) is 45.1 Å². The van der Waals surface area contributed by atoms with E-state index in [1.165, 1.54) is 0 Å². The Bertz CT molecular complexity index is 810. The third kappa shape index (κ3) is 4.78. The number of nitrogens with zero attached hydrogens (tertiary/aromatic N) is 2. The molecule has 1 aromatic rings. The van der Waals surface area contributed by atoms with Gasteiger partial charge in [-0.1, -0.05) is 0 Å². The number of carbonyl (C=O) groups excluding carboxylic acids is 3. The Labute approximate surface area is 184 Å². The number of rotatable bonds is 4. The fourth-order valence-electron chi connectivity index (χ4n) is 4.74. The molecule has 2 atom stereocenters. The van der Waals surface area contributed by atoms with E-state index in [9.17, 15) is 14.4 Å². The lowest BCUT2D eigenvalue weighted by molar-refractivity contribution is -0.123. The highest BCUT2D eigenvalue weighted by atomic mass is 35.5. The predicted molar refractivity (Wildman–Crippen MR) is 118 cm³/mol. The molecule has 4 rings (SSSR count). The summed E-state index contributed by atoms with van der Waals surface area (Å²) in [5.74, 6) is 0.458. The van der Waals surface area contributed by atoms with Crippen molar-refractivity contribution in [3.05, 3.63) is 29.3 Å². The van der Waals surface area contributed by atoms with E-state index < -0.39 is 0 Å². The fourth-order valence-corrected chi connectivity index (χ4v) is 4.74. The van der Waals surface area contributed by atoms with E-state index in [1.807, 2.05) is 23.1 Å². The van der Waals surface area contributed by atoms with E-state index in [2.05, 4.69) is 10.6 Å². The van der Waals surface area contributed by atoms with Gasteiger partial charge < -0.3 is 20.4 Å². The number of benzene rings is 1. The zero-order valence-electron chi connectivity index (χ0n) is 17.5. The molecule has 2 fully saturated rings. The van der Waals surface area contributed by atoms with Crippen LogP contribution < -0.4 is 15.5 Å². The van der Waals surface area contributed by atoms with Gasteiger partial charge in [0.25, 0.3) is 5.91 Å². The second kappa shape index (κ2) is 9.79. The number of fused-ring (bicyclic) bond motifs is 1. The molecule has 0 aromatic heterocycles. The average Bonchev–Trinajstić information content (AvgIpc) is 3.41. The van der Waals surface area contributed by atoms with Gasteiger partial charge in [-0.2, -0.15) is 0 Å². The monoisotopic (exact) mass is 434 g/mol. The summed E-state index contributed by atoms with van der Waals surface area (Å²) in [5, 5.41) is 6.29. The van der Waals surface area contributed by atoms with Crippen LogP contribution in [-0.2, 0) is 16.0 Å². The average molecular weight is 435 g/mol. The summed E-state index contributed by atoms with van der Waals surface area (Å²) in [5.41, 5.74) is 2.68. The van der Waals surface area contributed by atoms with Crippen LogP contribution in [0.15, 0.2) is 18.2 Å². The first-order valence-corrected chi connectivity index (χ1v) is 10.7. The van der Waals surface area contributed by atoms with Crippen LogP contribution in [-0.4, -0.2) is 61.4 Å². The van der Waals surface area contributed by atoms with Crippen molar-refractivity contribution in [1.29, 1.82) is 0 Å². The molecule has 1 aromatic carbocycles. The number of carbonyl (C=O) groups is 3. The number of nitrogens with one attached hydrogen (secondary N) is 2. The van der Waals surface area contributed by atoms with Gasteiger partial charge in [0.2, 0.25) is 11.8 Å². The van der Waals surface area contributed by atoms with Gasteiger partial charge in [0.15, 0.2) is 0 Å². The molecule has 2 unspecified atom stereocenters. The third-order valence-corrected chi connectivity index (χ3v) is 6.35. The minimum atomic E-state index is -0.0580. The molecule has 0 aliphatic carbocycles. The zero-order valence-corrected chi connectivity index (χ0v) is 18.3. The number of piperidine rings is 1. The van der Waals surface area contributed by atoms with Crippen LogP contribution in [0.4, 0.5) is 5.69 Å². The van der Waals surface area contributed by atoms with Crippen LogP contribution in [0, 0.1) is 5.92 Å². The third-order valence-electron chi connectivity index (χ3n) is 6.35. The van der Waals surface area contributed by atoms with Crippen molar-refractivity contribution in [2.75, 3.05) is 37.6 Å². The van der Waals surface area contributed by atoms with Gasteiger partial charge in [-0.25, -0.2) is 0 Å². The van der Waals surface area contributed by atoms with Gasteiger partial charge in [0.05, 0.1) is 6.04 Å². The Kier molecular flexibility index (Phi) is 7.36. The fraction of sp³-hybridized carbons (Fsp3) is 0.591. The molecule has 0 bridgehead atoms. The SMILES string of the molecule is CC(=O)N1CCc2cc(C(=O)N3CCCC(CNC(=O)C4CCCN4)C3)ccc21.Cl. The normalized spacial score (nSPS) is 23.0. The number of hydrogen-bond donors (Lipinski definition) is 2. The summed E-state index contributed by atoms with van der Waals surface area (Å²) >= 11 is 0. The molecular formula is C22H31ClN4O3. The Hall–Kier alpha value is -2.12. The minimum Gasteiger partial charge on any atom is -0.354 e. The van der Waals surface area contributed by atoms with E-state index in [-0.39, 0.29) is 36.2 Å². The largest absolute Gasteiger partial charge is 0.354 e. The van der Waals surface area contributed by atoms with Crippen molar-refractivity contribution >= 4 is 35.8 Å². The minimum absolute atomic E-state index is 0. The Morgan fingerprint density at radius 3 is 2.73 bits per heavy atom. The van der Waals surface area contributed by atoms with Gasteiger partial charge in [-0.15, -0.1) is 12.4 Å². The number of halogens is 1. The molecule has 164 valence electrons. The lowest BCUT2D eigenvalue weighted by atomic mass is 9.96. The van der Waals surface area contributed by atoms with E-state index in [0.29, 0.717) is 31.1 Å². The van der Waals surface area contributed by atoms with E-state index >= 15 is 0 Å². The first kappa shape index (κ1) is 22.6. The number of amides is 3. The zero-order chi connectivity index (χ0) is 20.4. The van der Waals surface area contributed by atoms with Gasteiger partial charge in [-0.3, -0.25) is 14.4 Å². The van der Waals surface area contributed by atoms with E-state index in [1.54, 1.807) is 11.8 Å². The molecule has 3 aliphatic rings. The topological polar surface area (TPSA) is 81.8 Å². The molecular weight excluding hydrogens is 404 g/mol. The summed E-state index contributed by atoms with van der Waals surface area (Å²) in [6, 6.07) is 5.61. The Morgan fingerprint density at radius 1 is 1.17 bits per heavy atom. The van der Waals surface area contributed by atoms with Crippen LogP contribution in [0.3, 0.4) is 0 Å². The molecule has 3 aliphatic heterocycles. The number of anilines is 1. The lowest BCUT2D eigenvalue weighted by Crippen LogP contribution is -2.46. The Balaban J connectivity index is 0.00000256. The highest BCUT2D eigenvalue weighted by molar-refractivity contribution is 5.98. The van der Waals surface area contributed by atoms with Crippen molar-refractivity contribution in [3.8, 4) is 0 Å². The first-order valence-electron chi connectivity index (χ1n) is 10.7. The molecule has 8 heteroatoms. The van der Waals surface area contributed by atoms with Crippen molar-refractivity contribution < 1.29 is 14.4 Å². The van der Waals surface area contributed by atoms with Crippen molar-refractivity contribution in [3.63, 3.8) is 0 Å². The lowest BCUT2D eigenvalue weighted by Gasteiger charge is -2.33. The molecule has 2 N–H and O–H groups in total. The van der Waals surface area contributed by atoms with E-state index in [0.717, 1.165) is 56.4 Å². The number of likely N-dealkylation sites (tertiary alicyclic amines) is 1. The second-order valence-electron chi connectivity index (χ2n) is 8.42. The molecule has 3 heterocycles. The molecule has 3 amide bonds. The first-order chi connectivity index (χ1) is 14.0. The summed E-state index contributed by atoms with van der Waals surface area (Å²) in [4.78, 5) is 40.7. The standard InChI is InChI=1S/C22H30N4O3.ClH/c1-15(27)26-11-8-17-12-18(6-7-20(17)26)22(29)25-10-3-4-16(14-25)13-24-21(28)19-5-2-9-23-19;/h6-7,12,16,19,23H,2-5,8-11,13-14H2,1H3,(H,24,28);1H. The van der Waals surface area contributed by atoms with Gasteiger partial charge in [0, 0.05) is 44.4 Å². The summed E-state index contributed by atoms with van der Waals surface area (Å²) in [6.45, 7) is 5.22. The van der Waals surface area contributed by atoms with Crippen LogP contribution >= 0.6 is 12.4 Å². The highest BCUT2D eigenvalue weighted by Gasteiger charge is 2.28. The molecule has 7 nitrogen and oxygen atoms in total. The maximum absolute atomic E-state index is 13.1. The van der Waals surface area contributed by atoms with Gasteiger partial charge in [-0.05, 0) is 68.3 Å². The van der Waals surface area contributed by atoms with E-state index in [4.69, 9.17) is 0 Å². The summed E-state index contributed by atoms with van der Waals surface area (Å²) in [7, 11) is 0. The van der Waals surface area contributed by atoms with Gasteiger partial charge in [0.1, 0.15) is 0 Å². The Morgan fingerprint density at radius 2 is 2.00 bits per heavy atom. The quantitative estimate of drug-likeness (QED) is 0.756. The maximum atomic E-state index is 13.1. The van der Waals surface area contributed by atoms with Crippen molar-refractivity contribution in [2.24, 2.45) is 5.92 Å². The number of hydrogen-bond acceptors (Lipinski definition) is 4. The van der Waals surface area contributed by atoms with Crippen LogP contribution in [0.1, 0.15) is 48.5 Å². The summed E-state index contributed by atoms with van der Waals surface area (Å²) in [6.07, 6.45) is 4.73. The van der Waals surface area contributed by atoms with Gasteiger partial charge >= 0.3 is 0 Å². The highest BCUT2D eigenvalue weighted by Crippen LogP contribution is 2.29. The molecule has 2 saturated heterocycles. The maximum Gasteiger partial charge on any atom is 0.253 e. The van der Waals surface area contributed by atoms with Crippen molar-refractivity contribution in [1.82, 2.24) is 15.5 Å². The van der Waals surface area contributed by atoms with Crippen LogP contribution in [0.25, 0.3) is 0 Å². The molecule has 0 saturated carbocycles. The van der Waals surface area contributed by atoms with Crippen LogP contribution in [0.5, 0.6) is 0 Å². The predicted octanol–water partition coefficient (Wildman–Crippen LogP) is 1.74. The molecule has 0 radical (unpaired) electrons. The molecule has 30 heavy (non-hydrogen) atoms. The molecule has 0 spiro atoms. The summed E-state index contributed by atoms with van der Waals surface area (Å²) < 4.78 is 0. The van der Waals surface area contributed by atoms with Crippen LogP contribution in [0.2, 0.25) is 0 Å².